The Labute approximate surface area is 164 Å². The molecule has 27 heavy (non-hydrogen) atoms. The van der Waals surface area contributed by atoms with Gasteiger partial charge in [0.1, 0.15) is 0 Å². The minimum atomic E-state index is 0.517. The van der Waals surface area contributed by atoms with E-state index < -0.39 is 0 Å². The molecule has 2 aliphatic heterocycles. The molecular weight excluding hydrogens is 354 g/mol. The number of aromatic nitrogens is 1. The van der Waals surface area contributed by atoms with Gasteiger partial charge in [-0.3, -0.25) is 0 Å². The molecule has 0 spiro atoms. The van der Waals surface area contributed by atoms with E-state index in [4.69, 9.17) is 4.52 Å². The molecular formula is C22H25N3OS. The van der Waals surface area contributed by atoms with E-state index in [1.54, 1.807) is 0 Å². The van der Waals surface area contributed by atoms with Crippen LogP contribution in [-0.4, -0.2) is 47.7 Å². The van der Waals surface area contributed by atoms with E-state index in [2.05, 4.69) is 45.1 Å². The van der Waals surface area contributed by atoms with Crippen LogP contribution in [0.1, 0.15) is 34.9 Å². The van der Waals surface area contributed by atoms with Crippen molar-refractivity contribution in [3.8, 4) is 0 Å². The first-order valence-corrected chi connectivity index (χ1v) is 10.7. The molecule has 1 aromatic carbocycles. The lowest BCUT2D eigenvalue weighted by atomic mass is 9.91. The summed E-state index contributed by atoms with van der Waals surface area (Å²) in [6.45, 7) is 9.91. The highest BCUT2D eigenvalue weighted by Gasteiger charge is 2.26. The van der Waals surface area contributed by atoms with Crippen molar-refractivity contribution < 1.29 is 4.52 Å². The summed E-state index contributed by atoms with van der Waals surface area (Å²) in [6.07, 6.45) is 3.47. The third-order valence-electron chi connectivity index (χ3n) is 6.11. The number of nitrogens with zero attached hydrogens (tertiary/aromatic N) is 3. The average Bonchev–Trinajstić information content (AvgIpc) is 3.35. The van der Waals surface area contributed by atoms with Gasteiger partial charge in [0.15, 0.2) is 5.58 Å². The fraction of sp³-hybridized carbons (Fsp3) is 0.409. The predicted molar refractivity (Wildman–Crippen MR) is 111 cm³/mol. The highest BCUT2D eigenvalue weighted by Crippen LogP contribution is 2.33. The number of rotatable bonds is 4. The van der Waals surface area contributed by atoms with Gasteiger partial charge in [-0.1, -0.05) is 23.9 Å². The Bertz CT molecular complexity index is 951. The quantitative estimate of drug-likeness (QED) is 0.663. The van der Waals surface area contributed by atoms with Gasteiger partial charge in [-0.25, -0.2) is 0 Å². The first-order chi connectivity index (χ1) is 13.3. The maximum Gasteiger partial charge on any atom is 0.167 e. The molecule has 0 atom stereocenters. The van der Waals surface area contributed by atoms with Gasteiger partial charge in [0.25, 0.3) is 0 Å². The summed E-state index contributed by atoms with van der Waals surface area (Å²) in [5, 5.41) is 7.76. The van der Waals surface area contributed by atoms with Crippen molar-refractivity contribution >= 4 is 28.0 Å². The number of fused-ring (bicyclic) bond motifs is 2. The molecule has 1 saturated heterocycles. The normalized spacial score (nSPS) is 19.0. The molecule has 0 N–H and O–H groups in total. The summed E-state index contributed by atoms with van der Waals surface area (Å²) in [5.41, 5.74) is 4.75. The summed E-state index contributed by atoms with van der Waals surface area (Å²) in [5.74, 6) is 0.517. The molecule has 0 radical (unpaired) electrons. The van der Waals surface area contributed by atoms with Gasteiger partial charge in [-0.05, 0) is 61.5 Å². The summed E-state index contributed by atoms with van der Waals surface area (Å²) in [4.78, 5) is 6.45. The molecule has 0 amide bonds. The third kappa shape index (κ3) is 3.19. The molecule has 0 bridgehead atoms. The fourth-order valence-electron chi connectivity index (χ4n) is 4.46. The molecule has 5 heteroatoms. The summed E-state index contributed by atoms with van der Waals surface area (Å²) in [7, 11) is 0. The van der Waals surface area contributed by atoms with E-state index in [1.165, 1.54) is 21.5 Å². The molecule has 1 fully saturated rings. The maximum atomic E-state index is 5.51. The van der Waals surface area contributed by atoms with Crippen molar-refractivity contribution in [2.24, 2.45) is 0 Å². The SMILES string of the molecule is C=C1c2sccc2CCN1CCN1CCC(c2noc3ccccc23)CC1. The Hall–Kier alpha value is -2.11. The van der Waals surface area contributed by atoms with Crippen LogP contribution in [0.5, 0.6) is 0 Å². The van der Waals surface area contributed by atoms with Crippen LogP contribution in [0.3, 0.4) is 0 Å². The molecule has 2 aliphatic rings. The summed E-state index contributed by atoms with van der Waals surface area (Å²) < 4.78 is 5.51. The Morgan fingerprint density at radius 1 is 1.11 bits per heavy atom. The molecule has 0 saturated carbocycles. The Morgan fingerprint density at radius 2 is 1.96 bits per heavy atom. The fourth-order valence-corrected chi connectivity index (χ4v) is 5.41. The van der Waals surface area contributed by atoms with Crippen LogP contribution in [0, 0.1) is 0 Å². The molecule has 3 aromatic rings. The van der Waals surface area contributed by atoms with Crippen molar-refractivity contribution in [1.29, 1.82) is 0 Å². The van der Waals surface area contributed by atoms with Gasteiger partial charge < -0.3 is 14.3 Å². The Kier molecular flexibility index (Phi) is 4.50. The van der Waals surface area contributed by atoms with E-state index in [-0.39, 0.29) is 0 Å². The van der Waals surface area contributed by atoms with Gasteiger partial charge in [0.05, 0.1) is 10.6 Å². The molecule has 0 unspecified atom stereocenters. The van der Waals surface area contributed by atoms with Gasteiger partial charge in [-0.2, -0.15) is 0 Å². The number of thiophene rings is 1. The Morgan fingerprint density at radius 3 is 2.85 bits per heavy atom. The van der Waals surface area contributed by atoms with Crippen LogP contribution >= 0.6 is 11.3 Å². The van der Waals surface area contributed by atoms with E-state index in [1.807, 2.05) is 23.5 Å². The molecule has 5 rings (SSSR count). The highest BCUT2D eigenvalue weighted by molar-refractivity contribution is 7.11. The van der Waals surface area contributed by atoms with Crippen LogP contribution in [0.2, 0.25) is 0 Å². The maximum absolute atomic E-state index is 5.51. The van der Waals surface area contributed by atoms with Crippen molar-refractivity contribution in [1.82, 2.24) is 15.0 Å². The molecule has 4 heterocycles. The first kappa shape index (κ1) is 17.0. The molecule has 2 aromatic heterocycles. The van der Waals surface area contributed by atoms with E-state index in [0.717, 1.165) is 63.3 Å². The third-order valence-corrected chi connectivity index (χ3v) is 7.11. The molecule has 4 nitrogen and oxygen atoms in total. The van der Waals surface area contributed by atoms with E-state index >= 15 is 0 Å². The summed E-state index contributed by atoms with van der Waals surface area (Å²) >= 11 is 1.83. The van der Waals surface area contributed by atoms with Gasteiger partial charge in [0.2, 0.25) is 0 Å². The second-order valence-corrected chi connectivity index (χ2v) is 8.55. The van der Waals surface area contributed by atoms with E-state index in [0.29, 0.717) is 5.92 Å². The zero-order chi connectivity index (χ0) is 18.2. The lowest BCUT2D eigenvalue weighted by molar-refractivity contribution is 0.192. The zero-order valence-corrected chi connectivity index (χ0v) is 16.4. The standard InChI is InChI=1S/C22H25N3OS/c1-16-22-18(9-15-27-22)8-12-25(16)14-13-24-10-6-17(7-11-24)21-19-4-2-3-5-20(19)26-23-21/h2-5,9,15,17H,1,6-8,10-14H2. The number of para-hydroxylation sites is 1. The van der Waals surface area contributed by atoms with Crippen molar-refractivity contribution in [2.45, 2.75) is 25.2 Å². The molecule has 140 valence electrons. The smallest absolute Gasteiger partial charge is 0.167 e. The number of hydrogen-bond acceptors (Lipinski definition) is 5. The minimum Gasteiger partial charge on any atom is -0.369 e. The Balaban J connectivity index is 1.17. The van der Waals surface area contributed by atoms with Crippen LogP contribution in [-0.2, 0) is 6.42 Å². The number of hydrogen-bond donors (Lipinski definition) is 0. The number of likely N-dealkylation sites (tertiary alicyclic amines) is 1. The lowest BCUT2D eigenvalue weighted by Crippen LogP contribution is -2.40. The highest BCUT2D eigenvalue weighted by atomic mass is 32.1. The van der Waals surface area contributed by atoms with Crippen LogP contribution in [0.15, 0.2) is 46.8 Å². The minimum absolute atomic E-state index is 0.517. The first-order valence-electron chi connectivity index (χ1n) is 9.87. The number of benzene rings is 1. The monoisotopic (exact) mass is 379 g/mol. The molecule has 0 aliphatic carbocycles. The van der Waals surface area contributed by atoms with Crippen LogP contribution in [0.4, 0.5) is 0 Å². The predicted octanol–water partition coefficient (Wildman–Crippen LogP) is 4.60. The van der Waals surface area contributed by atoms with Crippen molar-refractivity contribution in [2.75, 3.05) is 32.7 Å². The van der Waals surface area contributed by atoms with Crippen molar-refractivity contribution in [3.05, 3.63) is 58.4 Å². The zero-order valence-electron chi connectivity index (χ0n) is 15.6. The van der Waals surface area contributed by atoms with E-state index in [9.17, 15) is 0 Å². The van der Waals surface area contributed by atoms with Gasteiger partial charge in [0, 0.05) is 36.6 Å². The largest absolute Gasteiger partial charge is 0.369 e. The number of piperidine rings is 1. The average molecular weight is 380 g/mol. The second kappa shape index (κ2) is 7.13. The second-order valence-electron chi connectivity index (χ2n) is 7.64. The lowest BCUT2D eigenvalue weighted by Gasteiger charge is -2.35. The summed E-state index contributed by atoms with van der Waals surface area (Å²) in [6, 6.07) is 10.5. The van der Waals surface area contributed by atoms with Crippen molar-refractivity contribution in [3.63, 3.8) is 0 Å². The topological polar surface area (TPSA) is 32.5 Å². The van der Waals surface area contributed by atoms with Gasteiger partial charge >= 0.3 is 0 Å². The van der Waals surface area contributed by atoms with Crippen LogP contribution < -0.4 is 0 Å². The van der Waals surface area contributed by atoms with Gasteiger partial charge in [-0.15, -0.1) is 11.3 Å². The van der Waals surface area contributed by atoms with Crippen LogP contribution in [0.25, 0.3) is 16.7 Å².